The van der Waals surface area contributed by atoms with Crippen LogP contribution in [0.15, 0.2) is 231 Å². The van der Waals surface area contributed by atoms with Crippen LogP contribution in [0.5, 0.6) is 0 Å². The Balaban J connectivity index is 0.000000159. The molecule has 6 aromatic heterocycles. The smallest absolute Gasteiger partial charge is 0.276 e. The lowest BCUT2D eigenvalue weighted by atomic mass is 10.0. The summed E-state index contributed by atoms with van der Waals surface area (Å²) in [7, 11) is 0. The second kappa shape index (κ2) is 36.4. The first kappa shape index (κ1) is 80.4. The molecule has 24 nitrogen and oxygen atoms in total. The molecule has 7 amide bonds. The summed E-state index contributed by atoms with van der Waals surface area (Å²) < 4.78 is 19.5. The lowest BCUT2D eigenvalue weighted by Crippen LogP contribution is -2.39. The molecule has 0 bridgehead atoms. The van der Waals surface area contributed by atoms with Gasteiger partial charge in [0.2, 0.25) is 5.91 Å². The first-order valence-corrected chi connectivity index (χ1v) is 37.3. The van der Waals surface area contributed by atoms with Gasteiger partial charge in [0.05, 0.1) is 36.7 Å². The number of carbonyl (C=O) groups is 8. The zero-order valence-electron chi connectivity index (χ0n) is 62.6. The Morgan fingerprint density at radius 1 is 0.435 bits per heavy atom. The van der Waals surface area contributed by atoms with Crippen LogP contribution in [-0.2, 0) is 74.5 Å². The number of carbonyl (C=O) groups excluding carboxylic acids is 8. The number of ketones is 1. The SMILES string of the molecule is C.C.C=CC(=O)Nc1ccc2c(Cc3nc(C(=O)Nc4cccc(C)c4)c4n3CCN(C(=O)c3ccc[nH]3)C4)cccc2c1.CCC(=O)Cc1ccc(NC(=O)c2nc(Cc3ccccc3)n3c2CN(C(=O)c2ccc[nH]2)CC3)cc1.Cc1cccc(NC(=O)c2nc(Cc3ccc(F)cc3)n3c2CN(C(=O)c2ccc[nH]2)CC3)c1. The summed E-state index contributed by atoms with van der Waals surface area (Å²) in [5, 5.41) is 13.7. The van der Waals surface area contributed by atoms with Gasteiger partial charge in [0, 0.05) is 113 Å². The van der Waals surface area contributed by atoms with Gasteiger partial charge < -0.3 is 64.6 Å². The van der Waals surface area contributed by atoms with Crippen LogP contribution < -0.4 is 21.3 Å². The number of benzene rings is 7. The quantitative estimate of drug-likeness (QED) is 0.0352. The van der Waals surface area contributed by atoms with Crippen LogP contribution in [0.4, 0.5) is 27.1 Å². The van der Waals surface area contributed by atoms with Gasteiger partial charge in [-0.1, -0.05) is 131 Å². The van der Waals surface area contributed by atoms with Gasteiger partial charge in [-0.05, 0) is 161 Å². The Labute approximate surface area is 665 Å². The number of imidazole rings is 3. The van der Waals surface area contributed by atoms with Gasteiger partial charge in [-0.3, -0.25) is 38.4 Å². The van der Waals surface area contributed by atoms with Crippen LogP contribution >= 0.6 is 0 Å². The van der Waals surface area contributed by atoms with E-state index in [2.05, 4.69) is 51.9 Å². The van der Waals surface area contributed by atoms with Crippen molar-refractivity contribution < 1.29 is 42.7 Å². The van der Waals surface area contributed by atoms with E-state index in [9.17, 15) is 42.7 Å². The van der Waals surface area contributed by atoms with Gasteiger partial charge in [-0.25, -0.2) is 19.3 Å². The fourth-order valence-electron chi connectivity index (χ4n) is 14.3. The summed E-state index contributed by atoms with van der Waals surface area (Å²) in [5.74, 6) is 0.554. The molecule has 0 atom stereocenters. The molecule has 0 radical (unpaired) electrons. The van der Waals surface area contributed by atoms with Gasteiger partial charge >= 0.3 is 0 Å². The Morgan fingerprint density at radius 3 is 1.29 bits per heavy atom. The number of nitrogens with one attached hydrogen (secondary N) is 7. The minimum atomic E-state index is -0.325. The third-order valence-electron chi connectivity index (χ3n) is 20.1. The summed E-state index contributed by atoms with van der Waals surface area (Å²) >= 11 is 0. The van der Waals surface area contributed by atoms with Gasteiger partial charge in [0.25, 0.3) is 35.4 Å². The number of hydrogen-bond acceptors (Lipinski definition) is 11. The molecule has 13 aromatic rings. The van der Waals surface area contributed by atoms with Crippen molar-refractivity contribution in [1.29, 1.82) is 0 Å². The first-order valence-electron chi connectivity index (χ1n) is 37.3. The number of aromatic nitrogens is 9. The highest BCUT2D eigenvalue weighted by atomic mass is 19.1. The number of H-pyrrole nitrogens is 3. The van der Waals surface area contributed by atoms with E-state index in [1.165, 1.54) is 18.2 Å². The van der Waals surface area contributed by atoms with Crippen molar-refractivity contribution in [3.8, 4) is 0 Å². The van der Waals surface area contributed by atoms with Gasteiger partial charge in [-0.15, -0.1) is 0 Å². The van der Waals surface area contributed by atoms with Crippen molar-refractivity contribution in [1.82, 2.24) is 58.3 Å². The maximum Gasteiger partial charge on any atom is 0.276 e. The van der Waals surface area contributed by atoms with Gasteiger partial charge in [0.1, 0.15) is 46.2 Å². The lowest BCUT2D eigenvalue weighted by molar-refractivity contribution is -0.118. The topological polar surface area (TPSA) is 295 Å². The number of amides is 7. The van der Waals surface area contributed by atoms with Crippen molar-refractivity contribution in [2.24, 2.45) is 0 Å². The second-order valence-electron chi connectivity index (χ2n) is 27.9. The third kappa shape index (κ3) is 18.9. The summed E-state index contributed by atoms with van der Waals surface area (Å²) in [6, 6.07) is 61.1. The van der Waals surface area contributed by atoms with E-state index in [1.807, 2.05) is 153 Å². The Bertz CT molecular complexity index is 5690. The molecular formula is C90H91FN16O8. The number of hydrogen-bond donors (Lipinski definition) is 7. The number of aromatic amines is 3. The monoisotopic (exact) mass is 1540 g/mol. The molecule has 0 fully saturated rings. The Kier molecular flexibility index (Phi) is 25.4. The summed E-state index contributed by atoms with van der Waals surface area (Å²) in [5.41, 5.74) is 13.3. The maximum absolute atomic E-state index is 13.6. The molecule has 9 heterocycles. The summed E-state index contributed by atoms with van der Waals surface area (Å²) in [6.45, 7) is 13.2. The van der Waals surface area contributed by atoms with E-state index in [0.29, 0.717) is 152 Å². The molecule has 0 saturated heterocycles. The van der Waals surface area contributed by atoms with Crippen LogP contribution in [0.2, 0.25) is 0 Å². The highest BCUT2D eigenvalue weighted by Crippen LogP contribution is 2.31. The highest BCUT2D eigenvalue weighted by Gasteiger charge is 2.34. The first-order chi connectivity index (χ1) is 54.9. The zero-order valence-corrected chi connectivity index (χ0v) is 62.6. The van der Waals surface area contributed by atoms with Crippen LogP contribution in [0, 0.1) is 19.7 Å². The van der Waals surface area contributed by atoms with Crippen LogP contribution in [0.3, 0.4) is 0 Å². The van der Waals surface area contributed by atoms with E-state index >= 15 is 0 Å². The zero-order chi connectivity index (χ0) is 78.7. The van der Waals surface area contributed by atoms with Crippen LogP contribution in [0.25, 0.3) is 10.8 Å². The molecule has 7 aromatic carbocycles. The molecule has 3 aliphatic heterocycles. The molecule has 0 spiro atoms. The van der Waals surface area contributed by atoms with Crippen molar-refractivity contribution in [2.45, 2.75) is 107 Å². The summed E-state index contributed by atoms with van der Waals surface area (Å²) in [4.78, 5) is 131. The van der Waals surface area contributed by atoms with Crippen molar-refractivity contribution in [3.63, 3.8) is 0 Å². The Hall–Kier alpha value is -14.1. The number of rotatable bonds is 20. The van der Waals surface area contributed by atoms with E-state index in [0.717, 1.165) is 61.5 Å². The average Bonchev–Trinajstić information content (AvgIpc) is 1.64. The van der Waals surface area contributed by atoms with Crippen molar-refractivity contribution >= 4 is 80.7 Å². The lowest BCUT2D eigenvalue weighted by Gasteiger charge is -2.29. The van der Waals surface area contributed by atoms with Gasteiger partial charge in [0.15, 0.2) is 17.1 Å². The summed E-state index contributed by atoms with van der Waals surface area (Å²) in [6.07, 6.45) is 8.81. The predicted molar refractivity (Wildman–Crippen MR) is 442 cm³/mol. The number of halogens is 1. The van der Waals surface area contributed by atoms with E-state index in [4.69, 9.17) is 15.0 Å². The molecule has 0 aliphatic carbocycles. The van der Waals surface area contributed by atoms with Gasteiger partial charge in [-0.2, -0.15) is 0 Å². The fourth-order valence-corrected chi connectivity index (χ4v) is 14.3. The number of Topliss-reactive ketones (excluding diaryl/α,β-unsaturated/α-hetero) is 1. The number of aryl methyl sites for hydroxylation is 2. The standard InChI is InChI=1S/C33H30N6O3.C29H29N5O3.C26H24FN5O2.2CH4/c1-3-30(40)35-25-12-13-26-22(18-25)8-5-9-23(26)19-29-37-31(32(41)36-24-10-4-7-21(2)17-24)28-20-38(15-16-39(28)29)33(42)27-11-6-14-34-27;1-2-23(35)17-21-10-12-22(13-11-21)31-28(36)27-25-19-33(29(37)24-9-6-14-30-24)15-16-34(25)26(32-27)18-20-7-4-3-5-8-20;1-17-4-2-5-20(14-17)29-25(33)24-22-16-31(26(34)21-6-3-11-28-21)12-13-32(22)23(30-24)15-18-7-9-19(27)10-8-18;;/h3-14,17-18,34H,1,15-16,19-20H2,2H3,(H,35,40)(H,36,41);3-14,30H,2,15-19H2,1H3,(H,31,36);2-11,14,28H,12-13,15-16H2,1H3,(H,29,33);2*1H4. The molecule has 3 aliphatic rings. The number of nitrogens with zero attached hydrogens (tertiary/aromatic N) is 9. The van der Waals surface area contributed by atoms with E-state index in [-0.39, 0.29) is 80.9 Å². The second-order valence-corrected chi connectivity index (χ2v) is 27.9. The predicted octanol–water partition coefficient (Wildman–Crippen LogP) is 15.0. The average molecular weight is 1540 g/mol. The van der Waals surface area contributed by atoms with Crippen molar-refractivity contribution in [3.05, 3.63) is 339 Å². The Morgan fingerprint density at radius 2 is 0.852 bits per heavy atom. The molecule has 7 N–H and O–H groups in total. The van der Waals surface area contributed by atoms with E-state index < -0.39 is 0 Å². The number of fused-ring (bicyclic) bond motifs is 4. The third-order valence-corrected chi connectivity index (χ3v) is 20.1. The molecular weight excluding hydrogens is 1450 g/mol. The number of anilines is 4. The maximum atomic E-state index is 13.6. The van der Waals surface area contributed by atoms with Crippen LogP contribution in [0.1, 0.15) is 159 Å². The molecule has 0 saturated carbocycles. The van der Waals surface area contributed by atoms with Crippen LogP contribution in [-0.4, -0.2) is 125 Å². The van der Waals surface area contributed by atoms with Crippen molar-refractivity contribution in [2.75, 3.05) is 40.9 Å². The molecule has 16 rings (SSSR count). The molecule has 0 unspecified atom stereocenters. The molecule has 586 valence electrons. The normalized spacial score (nSPS) is 12.5. The fraction of sp³-hybridized carbons (Fsp3) is 0.211. The molecule has 25 heteroatoms. The minimum absolute atomic E-state index is 0. The molecule has 115 heavy (non-hydrogen) atoms. The van der Waals surface area contributed by atoms with E-state index in [1.54, 1.807) is 94.0 Å². The largest absolute Gasteiger partial charge is 0.357 e. The minimum Gasteiger partial charge on any atom is -0.357 e. The highest BCUT2D eigenvalue weighted by molar-refractivity contribution is 6.06.